The summed E-state index contributed by atoms with van der Waals surface area (Å²) in [5, 5.41) is 5.19. The van der Waals surface area contributed by atoms with Crippen molar-refractivity contribution >= 4 is 17.4 Å². The Morgan fingerprint density at radius 3 is 3.12 bits per heavy atom. The maximum absolute atomic E-state index is 12.5. The average molecular weight is 347 g/mol. The Balaban J connectivity index is 1.49. The largest absolute Gasteiger partial charge is 0.338 e. The van der Waals surface area contributed by atoms with Crippen LogP contribution in [0, 0.1) is 5.92 Å². The Bertz CT molecular complexity index is 652. The van der Waals surface area contributed by atoms with E-state index in [1.165, 1.54) is 11.3 Å². The zero-order chi connectivity index (χ0) is 16.9. The number of amides is 2. The molecule has 130 valence electrons. The van der Waals surface area contributed by atoms with E-state index in [0.29, 0.717) is 18.4 Å². The molecule has 0 unspecified atom stereocenters. The third kappa shape index (κ3) is 4.17. The van der Waals surface area contributed by atoms with E-state index in [2.05, 4.69) is 39.3 Å². The normalized spacial score (nSPS) is 19.2. The van der Waals surface area contributed by atoms with Crippen molar-refractivity contribution in [2.75, 3.05) is 19.6 Å². The van der Waals surface area contributed by atoms with Crippen LogP contribution in [-0.2, 0) is 13.5 Å². The highest BCUT2D eigenvalue weighted by molar-refractivity contribution is 7.10. The van der Waals surface area contributed by atoms with E-state index in [-0.39, 0.29) is 6.03 Å². The van der Waals surface area contributed by atoms with Crippen LogP contribution >= 0.6 is 11.3 Å². The van der Waals surface area contributed by atoms with Gasteiger partial charge < -0.3 is 14.8 Å². The molecule has 6 heteroatoms. The molecule has 0 bridgehead atoms. The van der Waals surface area contributed by atoms with Gasteiger partial charge in [0.2, 0.25) is 0 Å². The van der Waals surface area contributed by atoms with Crippen molar-refractivity contribution in [3.05, 3.63) is 40.6 Å². The second-order valence-corrected chi connectivity index (χ2v) is 7.69. The second-order valence-electron chi connectivity index (χ2n) is 6.72. The SMILES string of the molecule is C[C@@H](CNC(=O)N1CCC[C@@H](Cc2nccn2C)C1)c1cccs1. The summed E-state index contributed by atoms with van der Waals surface area (Å²) < 4.78 is 2.07. The Hall–Kier alpha value is -1.82. The number of thiophene rings is 1. The molecule has 3 rings (SSSR count). The number of likely N-dealkylation sites (tertiary alicyclic amines) is 1. The minimum Gasteiger partial charge on any atom is -0.338 e. The average Bonchev–Trinajstić information content (AvgIpc) is 3.25. The number of hydrogen-bond acceptors (Lipinski definition) is 3. The van der Waals surface area contributed by atoms with Gasteiger partial charge in [0.25, 0.3) is 0 Å². The lowest BCUT2D eigenvalue weighted by atomic mass is 9.94. The monoisotopic (exact) mass is 346 g/mol. The Labute approximate surface area is 147 Å². The smallest absolute Gasteiger partial charge is 0.317 e. The highest BCUT2D eigenvalue weighted by atomic mass is 32.1. The van der Waals surface area contributed by atoms with Crippen LogP contribution in [0.15, 0.2) is 29.9 Å². The summed E-state index contributed by atoms with van der Waals surface area (Å²) in [4.78, 5) is 20.2. The van der Waals surface area contributed by atoms with Gasteiger partial charge in [0.15, 0.2) is 0 Å². The van der Waals surface area contributed by atoms with E-state index >= 15 is 0 Å². The molecule has 1 aliphatic heterocycles. The summed E-state index contributed by atoms with van der Waals surface area (Å²) in [5.41, 5.74) is 0. The lowest BCUT2D eigenvalue weighted by Gasteiger charge is -2.33. The fourth-order valence-corrected chi connectivity index (χ4v) is 4.08. The molecule has 1 N–H and O–H groups in total. The number of nitrogens with one attached hydrogen (secondary N) is 1. The third-order valence-electron chi connectivity index (χ3n) is 4.79. The van der Waals surface area contributed by atoms with Crippen molar-refractivity contribution in [2.45, 2.75) is 32.1 Å². The minimum atomic E-state index is 0.0722. The molecule has 0 aromatic carbocycles. The molecule has 2 amide bonds. The van der Waals surface area contributed by atoms with Crippen LogP contribution in [0.25, 0.3) is 0 Å². The molecule has 1 fully saturated rings. The van der Waals surface area contributed by atoms with Crippen LogP contribution in [0.5, 0.6) is 0 Å². The van der Waals surface area contributed by atoms with Gasteiger partial charge in [-0.15, -0.1) is 11.3 Å². The van der Waals surface area contributed by atoms with E-state index in [4.69, 9.17) is 0 Å². The molecule has 24 heavy (non-hydrogen) atoms. The van der Waals surface area contributed by atoms with Crippen molar-refractivity contribution in [3.8, 4) is 0 Å². The number of imidazole rings is 1. The highest BCUT2D eigenvalue weighted by Gasteiger charge is 2.25. The molecule has 0 saturated carbocycles. The van der Waals surface area contributed by atoms with Gasteiger partial charge in [-0.1, -0.05) is 13.0 Å². The number of nitrogens with zero attached hydrogens (tertiary/aromatic N) is 3. The van der Waals surface area contributed by atoms with Crippen molar-refractivity contribution in [2.24, 2.45) is 13.0 Å². The molecule has 0 spiro atoms. The summed E-state index contributed by atoms with van der Waals surface area (Å²) in [6.07, 6.45) is 7.01. The lowest BCUT2D eigenvalue weighted by molar-refractivity contribution is 0.164. The van der Waals surface area contributed by atoms with Gasteiger partial charge in [0.1, 0.15) is 5.82 Å². The third-order valence-corrected chi connectivity index (χ3v) is 5.89. The summed E-state index contributed by atoms with van der Waals surface area (Å²) in [6.45, 7) is 4.54. The first-order valence-electron chi connectivity index (χ1n) is 8.66. The predicted molar refractivity (Wildman–Crippen MR) is 97.3 cm³/mol. The van der Waals surface area contributed by atoms with Gasteiger partial charge >= 0.3 is 6.03 Å². The molecular weight excluding hydrogens is 320 g/mol. The number of urea groups is 1. The molecular formula is C18H26N4OS. The molecule has 1 saturated heterocycles. The van der Waals surface area contributed by atoms with Gasteiger partial charge in [-0.05, 0) is 30.2 Å². The van der Waals surface area contributed by atoms with Gasteiger partial charge in [-0.25, -0.2) is 9.78 Å². The Kier molecular flexibility index (Phi) is 5.56. The number of aromatic nitrogens is 2. The number of carbonyl (C=O) groups excluding carboxylic acids is 1. The number of carbonyl (C=O) groups is 1. The van der Waals surface area contributed by atoms with Gasteiger partial charge in [-0.3, -0.25) is 0 Å². The maximum Gasteiger partial charge on any atom is 0.317 e. The minimum absolute atomic E-state index is 0.0722. The summed E-state index contributed by atoms with van der Waals surface area (Å²) >= 11 is 1.75. The molecule has 0 radical (unpaired) electrons. The fourth-order valence-electron chi connectivity index (χ4n) is 3.29. The van der Waals surface area contributed by atoms with Crippen LogP contribution < -0.4 is 5.32 Å². The van der Waals surface area contributed by atoms with E-state index in [0.717, 1.165) is 31.8 Å². The number of rotatable bonds is 5. The van der Waals surface area contributed by atoms with Crippen molar-refractivity contribution in [1.82, 2.24) is 19.8 Å². The van der Waals surface area contributed by atoms with Crippen LogP contribution in [0.3, 0.4) is 0 Å². The molecule has 2 atom stereocenters. The molecule has 2 aromatic heterocycles. The quantitative estimate of drug-likeness (QED) is 0.903. The topological polar surface area (TPSA) is 50.2 Å². The van der Waals surface area contributed by atoms with Crippen LogP contribution in [-0.4, -0.2) is 40.1 Å². The summed E-state index contributed by atoms with van der Waals surface area (Å²) in [5.74, 6) is 1.97. The van der Waals surface area contributed by atoms with Gasteiger partial charge in [-0.2, -0.15) is 0 Å². The zero-order valence-electron chi connectivity index (χ0n) is 14.4. The molecule has 3 heterocycles. The van der Waals surface area contributed by atoms with E-state index < -0.39 is 0 Å². The van der Waals surface area contributed by atoms with Crippen LogP contribution in [0.4, 0.5) is 4.79 Å². The summed E-state index contributed by atoms with van der Waals surface area (Å²) in [6, 6.07) is 4.26. The molecule has 1 aliphatic rings. The lowest BCUT2D eigenvalue weighted by Crippen LogP contribution is -2.46. The fraction of sp³-hybridized carbons (Fsp3) is 0.556. The first kappa shape index (κ1) is 17.0. The van der Waals surface area contributed by atoms with E-state index in [1.807, 2.05) is 24.3 Å². The van der Waals surface area contributed by atoms with Crippen molar-refractivity contribution in [1.29, 1.82) is 0 Å². The highest BCUT2D eigenvalue weighted by Crippen LogP contribution is 2.22. The standard InChI is InChI=1S/C18H26N4OS/c1-14(16-6-4-10-24-16)12-20-18(23)22-8-3-5-15(13-22)11-17-19-7-9-21(17)2/h4,6-7,9-10,14-15H,3,5,8,11-13H2,1-2H3,(H,20,23)/t14-,15-/m0/s1. The Morgan fingerprint density at radius 1 is 1.54 bits per heavy atom. The first-order valence-corrected chi connectivity index (χ1v) is 9.54. The number of hydrogen-bond donors (Lipinski definition) is 1. The number of piperidine rings is 1. The molecule has 0 aliphatic carbocycles. The van der Waals surface area contributed by atoms with E-state index in [9.17, 15) is 4.79 Å². The second kappa shape index (κ2) is 7.83. The van der Waals surface area contributed by atoms with Gasteiger partial charge in [0.05, 0.1) is 0 Å². The van der Waals surface area contributed by atoms with Crippen LogP contribution in [0.2, 0.25) is 0 Å². The Morgan fingerprint density at radius 2 is 2.42 bits per heavy atom. The first-order chi connectivity index (χ1) is 11.6. The van der Waals surface area contributed by atoms with Gasteiger partial charge in [0, 0.05) is 56.3 Å². The van der Waals surface area contributed by atoms with Crippen molar-refractivity contribution < 1.29 is 4.79 Å². The zero-order valence-corrected chi connectivity index (χ0v) is 15.3. The molecule has 2 aromatic rings. The van der Waals surface area contributed by atoms with Crippen LogP contribution in [0.1, 0.15) is 36.4 Å². The molecule has 5 nitrogen and oxygen atoms in total. The van der Waals surface area contributed by atoms with E-state index in [1.54, 1.807) is 11.3 Å². The number of aryl methyl sites for hydroxylation is 1. The predicted octanol–water partition coefficient (Wildman–Crippen LogP) is 3.25. The summed E-state index contributed by atoms with van der Waals surface area (Å²) in [7, 11) is 2.03. The maximum atomic E-state index is 12.5. The van der Waals surface area contributed by atoms with Crippen molar-refractivity contribution in [3.63, 3.8) is 0 Å².